The standard InChI is InChI=1S/C25H26N4O3/c1-24(2,3)10-20(30)16-5-7-22-19(9-16)25(13-31-23(26)29-25)18-8-15(4-6-21(18)32-22)17-11-27-14-28-12-17/h4-9,11-12,14,20,30H,10,13H2,1-3H3,(H2,26,29)/t20?,25-/m0/s1. The molecule has 32 heavy (non-hydrogen) atoms. The van der Waals surface area contributed by atoms with Crippen LogP contribution >= 0.6 is 0 Å². The molecule has 0 fully saturated rings. The summed E-state index contributed by atoms with van der Waals surface area (Å²) in [7, 11) is 0. The fraction of sp³-hybridized carbons (Fsp3) is 0.320. The third-order valence-corrected chi connectivity index (χ3v) is 5.91. The number of aliphatic hydroxyl groups excluding tert-OH is 1. The molecule has 0 saturated heterocycles. The zero-order valence-corrected chi connectivity index (χ0v) is 18.4. The molecular formula is C25H26N4O3. The van der Waals surface area contributed by atoms with E-state index in [0.29, 0.717) is 17.9 Å². The summed E-state index contributed by atoms with van der Waals surface area (Å²) in [5.41, 5.74) is 9.48. The van der Waals surface area contributed by atoms with Crippen LogP contribution in [0.1, 0.15) is 50.0 Å². The molecule has 2 aliphatic heterocycles. The number of hydrogen-bond donors (Lipinski definition) is 2. The van der Waals surface area contributed by atoms with E-state index in [1.165, 1.54) is 6.33 Å². The Kier molecular flexibility index (Phi) is 4.67. The summed E-state index contributed by atoms with van der Waals surface area (Å²) in [5, 5.41) is 10.9. The van der Waals surface area contributed by atoms with Gasteiger partial charge in [0.15, 0.2) is 5.54 Å². The number of amidine groups is 1. The van der Waals surface area contributed by atoms with Crippen molar-refractivity contribution in [1.82, 2.24) is 9.97 Å². The fourth-order valence-corrected chi connectivity index (χ4v) is 4.41. The van der Waals surface area contributed by atoms with Crippen LogP contribution in [0.3, 0.4) is 0 Å². The molecule has 2 atom stereocenters. The van der Waals surface area contributed by atoms with E-state index >= 15 is 0 Å². The summed E-state index contributed by atoms with van der Waals surface area (Å²) in [6.45, 7) is 6.59. The van der Waals surface area contributed by atoms with Crippen LogP contribution in [0, 0.1) is 5.41 Å². The van der Waals surface area contributed by atoms with E-state index in [9.17, 15) is 5.11 Å². The largest absolute Gasteiger partial charge is 0.462 e. The Morgan fingerprint density at radius 2 is 1.72 bits per heavy atom. The van der Waals surface area contributed by atoms with Crippen LogP contribution in [0.5, 0.6) is 11.5 Å². The highest BCUT2D eigenvalue weighted by Gasteiger charge is 2.47. The van der Waals surface area contributed by atoms with Gasteiger partial charge in [-0.25, -0.2) is 15.0 Å². The summed E-state index contributed by atoms with van der Waals surface area (Å²) in [6.07, 6.45) is 5.07. The lowest BCUT2D eigenvalue weighted by Crippen LogP contribution is -2.31. The summed E-state index contributed by atoms with van der Waals surface area (Å²) in [6, 6.07) is 11.8. The molecule has 7 nitrogen and oxygen atoms in total. The average Bonchev–Trinajstić information content (AvgIpc) is 3.15. The number of aromatic nitrogens is 2. The van der Waals surface area contributed by atoms with Gasteiger partial charge in [0, 0.05) is 29.1 Å². The van der Waals surface area contributed by atoms with E-state index in [-0.39, 0.29) is 18.0 Å². The molecule has 0 amide bonds. The number of aliphatic imine (C=N–C) groups is 1. The summed E-state index contributed by atoms with van der Waals surface area (Å²) in [4.78, 5) is 13.0. The van der Waals surface area contributed by atoms with Gasteiger partial charge in [-0.05, 0) is 47.2 Å². The van der Waals surface area contributed by atoms with E-state index in [0.717, 1.165) is 27.8 Å². The van der Waals surface area contributed by atoms with Gasteiger partial charge in [-0.3, -0.25) is 0 Å². The van der Waals surface area contributed by atoms with Gasteiger partial charge >= 0.3 is 0 Å². The van der Waals surface area contributed by atoms with Crippen molar-refractivity contribution in [3.05, 3.63) is 71.8 Å². The van der Waals surface area contributed by atoms with Crippen LogP contribution in [-0.4, -0.2) is 27.7 Å². The summed E-state index contributed by atoms with van der Waals surface area (Å²) >= 11 is 0. The average molecular weight is 431 g/mol. The Morgan fingerprint density at radius 3 is 2.38 bits per heavy atom. The Labute approximate surface area is 187 Å². The normalized spacial score (nSPS) is 20.1. The smallest absolute Gasteiger partial charge is 0.283 e. The van der Waals surface area contributed by atoms with Crippen molar-refractivity contribution < 1.29 is 14.6 Å². The van der Waals surface area contributed by atoms with Gasteiger partial charge in [0.05, 0.1) is 6.10 Å². The highest BCUT2D eigenvalue weighted by Crippen LogP contribution is 2.52. The molecule has 0 bridgehead atoms. The molecule has 1 spiro atoms. The predicted molar refractivity (Wildman–Crippen MR) is 121 cm³/mol. The molecule has 3 N–H and O–H groups in total. The van der Waals surface area contributed by atoms with Crippen molar-refractivity contribution in [3.63, 3.8) is 0 Å². The van der Waals surface area contributed by atoms with E-state index in [4.69, 9.17) is 20.2 Å². The monoisotopic (exact) mass is 430 g/mol. The third-order valence-electron chi connectivity index (χ3n) is 5.91. The topological polar surface area (TPSA) is 103 Å². The van der Waals surface area contributed by atoms with Crippen LogP contribution in [0.2, 0.25) is 0 Å². The quantitative estimate of drug-likeness (QED) is 0.642. The molecule has 2 aliphatic rings. The lowest BCUT2D eigenvalue weighted by Gasteiger charge is -2.34. The Morgan fingerprint density at radius 1 is 1.03 bits per heavy atom. The van der Waals surface area contributed by atoms with Gasteiger partial charge in [0.25, 0.3) is 6.02 Å². The van der Waals surface area contributed by atoms with Gasteiger partial charge in [-0.1, -0.05) is 32.9 Å². The third kappa shape index (κ3) is 3.48. The van der Waals surface area contributed by atoms with Gasteiger partial charge in [-0.2, -0.15) is 0 Å². The highest BCUT2D eigenvalue weighted by atomic mass is 16.5. The lowest BCUT2D eigenvalue weighted by molar-refractivity contribution is 0.122. The van der Waals surface area contributed by atoms with Crippen molar-refractivity contribution in [2.75, 3.05) is 6.61 Å². The second-order valence-electron chi connectivity index (χ2n) is 9.58. The van der Waals surface area contributed by atoms with Crippen molar-refractivity contribution in [2.45, 2.75) is 38.8 Å². The Balaban J connectivity index is 1.65. The number of fused-ring (bicyclic) bond motifs is 4. The molecule has 0 aliphatic carbocycles. The first kappa shape index (κ1) is 20.5. The minimum atomic E-state index is -0.851. The van der Waals surface area contributed by atoms with Crippen LogP contribution < -0.4 is 10.5 Å². The summed E-state index contributed by atoms with van der Waals surface area (Å²) < 4.78 is 11.9. The van der Waals surface area contributed by atoms with Crippen LogP contribution in [0.4, 0.5) is 0 Å². The zero-order chi connectivity index (χ0) is 22.5. The zero-order valence-electron chi connectivity index (χ0n) is 18.4. The van der Waals surface area contributed by atoms with Gasteiger partial charge in [0.1, 0.15) is 24.4 Å². The number of nitrogens with two attached hydrogens (primary N) is 1. The number of ether oxygens (including phenoxy) is 2. The number of nitrogens with zero attached hydrogens (tertiary/aromatic N) is 3. The minimum Gasteiger partial charge on any atom is -0.462 e. The van der Waals surface area contributed by atoms with Crippen molar-refractivity contribution in [3.8, 4) is 22.6 Å². The van der Waals surface area contributed by atoms with E-state index < -0.39 is 11.6 Å². The first-order valence-corrected chi connectivity index (χ1v) is 10.6. The molecule has 164 valence electrons. The molecular weight excluding hydrogens is 404 g/mol. The molecule has 3 aromatic rings. The first-order chi connectivity index (χ1) is 15.2. The Hall–Kier alpha value is -3.45. The molecule has 1 unspecified atom stereocenters. The van der Waals surface area contributed by atoms with E-state index in [1.54, 1.807) is 12.4 Å². The molecule has 5 rings (SSSR count). The fourth-order valence-electron chi connectivity index (χ4n) is 4.41. The molecule has 7 heteroatoms. The lowest BCUT2D eigenvalue weighted by atomic mass is 9.79. The van der Waals surface area contributed by atoms with Crippen LogP contribution in [0.15, 0.2) is 60.1 Å². The molecule has 0 radical (unpaired) electrons. The minimum absolute atomic E-state index is 0.0121. The second kappa shape index (κ2) is 7.31. The van der Waals surface area contributed by atoms with E-state index in [1.807, 2.05) is 36.4 Å². The van der Waals surface area contributed by atoms with Gasteiger partial charge < -0.3 is 20.3 Å². The van der Waals surface area contributed by atoms with Crippen molar-refractivity contribution in [2.24, 2.45) is 16.1 Å². The van der Waals surface area contributed by atoms with Crippen LogP contribution in [0.25, 0.3) is 11.1 Å². The molecule has 3 heterocycles. The SMILES string of the molecule is CC(C)(C)CC(O)c1ccc2c(c1)[C@]1(COC(N)=N1)c1cc(-c3cncnc3)ccc1O2. The first-order valence-electron chi connectivity index (χ1n) is 10.6. The molecule has 2 aromatic carbocycles. The molecule has 0 saturated carbocycles. The Bertz CT molecular complexity index is 1200. The van der Waals surface area contributed by atoms with Crippen LogP contribution in [-0.2, 0) is 10.3 Å². The number of benzene rings is 2. The predicted octanol–water partition coefficient (Wildman–Crippen LogP) is 4.31. The van der Waals surface area contributed by atoms with Crippen molar-refractivity contribution in [1.29, 1.82) is 0 Å². The van der Waals surface area contributed by atoms with Gasteiger partial charge in [-0.15, -0.1) is 0 Å². The number of hydrogen-bond acceptors (Lipinski definition) is 7. The maximum atomic E-state index is 10.9. The molecule has 1 aromatic heterocycles. The second-order valence-corrected chi connectivity index (χ2v) is 9.58. The number of rotatable bonds is 3. The maximum absolute atomic E-state index is 10.9. The van der Waals surface area contributed by atoms with Crippen molar-refractivity contribution >= 4 is 6.02 Å². The highest BCUT2D eigenvalue weighted by molar-refractivity contribution is 5.77. The summed E-state index contributed by atoms with van der Waals surface area (Å²) in [5.74, 6) is 1.38. The number of aliphatic hydroxyl groups is 1. The van der Waals surface area contributed by atoms with Gasteiger partial charge in [0.2, 0.25) is 0 Å². The maximum Gasteiger partial charge on any atom is 0.283 e. The van der Waals surface area contributed by atoms with E-state index in [2.05, 4.69) is 30.7 Å².